The maximum absolute atomic E-state index is 11.6. The Bertz CT molecular complexity index is 393. The number of nitrogens with one attached hydrogen (secondary N) is 2. The van der Waals surface area contributed by atoms with Crippen LogP contribution in [0.15, 0.2) is 18.3 Å². The van der Waals surface area contributed by atoms with Gasteiger partial charge in [0.05, 0.1) is 11.9 Å². The number of nitrogens with zero attached hydrogens (tertiary/aromatic N) is 1. The summed E-state index contributed by atoms with van der Waals surface area (Å²) in [4.78, 5) is 15.8. The summed E-state index contributed by atoms with van der Waals surface area (Å²) in [6.45, 7) is 0. The summed E-state index contributed by atoms with van der Waals surface area (Å²) >= 11 is 0. The van der Waals surface area contributed by atoms with Crippen molar-refractivity contribution in [3.05, 3.63) is 24.0 Å². The molecule has 4 heteroatoms. The normalized spacial score (nSPS) is 19.2. The Morgan fingerprint density at radius 3 is 2.50 bits per heavy atom. The van der Waals surface area contributed by atoms with Crippen molar-refractivity contribution in [3.63, 3.8) is 0 Å². The highest BCUT2D eigenvalue weighted by Gasteiger charge is 2.24. The maximum atomic E-state index is 11.6. The molecule has 1 amide bonds. The van der Waals surface area contributed by atoms with E-state index in [1.54, 1.807) is 12.3 Å². The Morgan fingerprint density at radius 2 is 1.94 bits per heavy atom. The quantitative estimate of drug-likeness (QED) is 0.804. The molecule has 2 N–H and O–H groups in total. The van der Waals surface area contributed by atoms with Gasteiger partial charge >= 0.3 is 0 Å². The summed E-state index contributed by atoms with van der Waals surface area (Å²) < 4.78 is 0. The highest BCUT2D eigenvalue weighted by Crippen LogP contribution is 2.24. The van der Waals surface area contributed by atoms with Gasteiger partial charge in [-0.25, -0.2) is 4.98 Å². The van der Waals surface area contributed by atoms with E-state index in [1.807, 2.05) is 6.07 Å². The number of aromatic nitrogens is 1. The van der Waals surface area contributed by atoms with E-state index in [2.05, 4.69) is 15.6 Å². The third-order valence-corrected chi connectivity index (χ3v) is 2.86. The number of amides is 1. The monoisotopic (exact) mass is 217 g/mol. The zero-order valence-electron chi connectivity index (χ0n) is 9.07. The molecule has 2 aliphatic carbocycles. The standard InChI is InChI=1S/C12H15N3O/c16-12(15-9-3-4-9)11-6-5-10(7-13-11)14-8-1-2-8/h5-9,14H,1-4H2,(H,15,16). The first-order valence-electron chi connectivity index (χ1n) is 5.85. The van der Waals surface area contributed by atoms with Gasteiger partial charge < -0.3 is 10.6 Å². The van der Waals surface area contributed by atoms with Crippen LogP contribution in [0, 0.1) is 0 Å². The number of pyridine rings is 1. The van der Waals surface area contributed by atoms with Crippen LogP contribution in [0.3, 0.4) is 0 Å². The molecule has 84 valence electrons. The minimum atomic E-state index is -0.0551. The molecule has 1 heterocycles. The predicted molar refractivity (Wildman–Crippen MR) is 61.4 cm³/mol. The number of carbonyl (C=O) groups excluding carboxylic acids is 1. The van der Waals surface area contributed by atoms with Crippen molar-refractivity contribution in [1.82, 2.24) is 10.3 Å². The van der Waals surface area contributed by atoms with E-state index >= 15 is 0 Å². The first-order valence-corrected chi connectivity index (χ1v) is 5.85. The predicted octanol–water partition coefficient (Wildman–Crippen LogP) is 1.55. The fourth-order valence-corrected chi connectivity index (χ4v) is 1.56. The lowest BCUT2D eigenvalue weighted by Crippen LogP contribution is -2.26. The van der Waals surface area contributed by atoms with E-state index in [-0.39, 0.29) is 5.91 Å². The van der Waals surface area contributed by atoms with Gasteiger partial charge in [0.25, 0.3) is 5.91 Å². The van der Waals surface area contributed by atoms with Crippen molar-refractivity contribution >= 4 is 11.6 Å². The average Bonchev–Trinajstić information content (AvgIpc) is 3.14. The van der Waals surface area contributed by atoms with E-state index in [9.17, 15) is 4.79 Å². The first-order chi connectivity index (χ1) is 7.81. The Kier molecular flexibility index (Phi) is 2.27. The first kappa shape index (κ1) is 9.63. The maximum Gasteiger partial charge on any atom is 0.270 e. The lowest BCUT2D eigenvalue weighted by Gasteiger charge is -2.05. The molecular weight excluding hydrogens is 202 g/mol. The van der Waals surface area contributed by atoms with Gasteiger partial charge in [-0.2, -0.15) is 0 Å². The van der Waals surface area contributed by atoms with Crippen molar-refractivity contribution in [1.29, 1.82) is 0 Å². The molecule has 0 bridgehead atoms. The van der Waals surface area contributed by atoms with Gasteiger partial charge in [0.2, 0.25) is 0 Å². The van der Waals surface area contributed by atoms with Crippen molar-refractivity contribution in [2.45, 2.75) is 37.8 Å². The SMILES string of the molecule is O=C(NC1CC1)c1ccc(NC2CC2)cn1. The summed E-state index contributed by atoms with van der Waals surface area (Å²) in [6, 6.07) is 4.71. The van der Waals surface area contributed by atoms with Crippen LogP contribution in [-0.4, -0.2) is 23.0 Å². The average molecular weight is 217 g/mol. The van der Waals surface area contributed by atoms with Gasteiger partial charge in [-0.15, -0.1) is 0 Å². The molecule has 0 atom stereocenters. The van der Waals surface area contributed by atoms with Crippen LogP contribution >= 0.6 is 0 Å². The third-order valence-electron chi connectivity index (χ3n) is 2.86. The van der Waals surface area contributed by atoms with E-state index in [0.29, 0.717) is 17.8 Å². The fraction of sp³-hybridized carbons (Fsp3) is 0.500. The second kappa shape index (κ2) is 3.77. The molecule has 2 fully saturated rings. The van der Waals surface area contributed by atoms with Gasteiger partial charge in [0, 0.05) is 12.1 Å². The molecule has 0 spiro atoms. The van der Waals surface area contributed by atoms with Crippen LogP contribution in [0.25, 0.3) is 0 Å². The largest absolute Gasteiger partial charge is 0.381 e. The minimum Gasteiger partial charge on any atom is -0.381 e. The highest BCUT2D eigenvalue weighted by molar-refractivity contribution is 5.92. The molecule has 1 aromatic heterocycles. The molecule has 0 aromatic carbocycles. The van der Waals surface area contributed by atoms with Crippen molar-refractivity contribution in [3.8, 4) is 0 Å². The van der Waals surface area contributed by atoms with Gasteiger partial charge in [0.1, 0.15) is 5.69 Å². The van der Waals surface area contributed by atoms with Crippen LogP contribution in [0.5, 0.6) is 0 Å². The van der Waals surface area contributed by atoms with E-state index < -0.39 is 0 Å². The number of rotatable bonds is 4. The lowest BCUT2D eigenvalue weighted by molar-refractivity contribution is 0.0946. The number of carbonyl (C=O) groups is 1. The second-order valence-corrected chi connectivity index (χ2v) is 4.60. The summed E-state index contributed by atoms with van der Waals surface area (Å²) in [5.41, 5.74) is 1.51. The number of anilines is 1. The van der Waals surface area contributed by atoms with Crippen LogP contribution < -0.4 is 10.6 Å². The summed E-state index contributed by atoms with van der Waals surface area (Å²) in [6.07, 6.45) is 6.42. The zero-order chi connectivity index (χ0) is 11.0. The molecule has 1 aromatic rings. The lowest BCUT2D eigenvalue weighted by atomic mass is 10.3. The molecular formula is C12H15N3O. The molecule has 0 saturated heterocycles. The van der Waals surface area contributed by atoms with Crippen molar-refractivity contribution < 1.29 is 4.79 Å². The fourth-order valence-electron chi connectivity index (χ4n) is 1.56. The van der Waals surface area contributed by atoms with Crippen molar-refractivity contribution in [2.24, 2.45) is 0 Å². The second-order valence-electron chi connectivity index (χ2n) is 4.60. The Balaban J connectivity index is 1.63. The third kappa shape index (κ3) is 2.32. The molecule has 2 saturated carbocycles. The molecule has 0 radical (unpaired) electrons. The topological polar surface area (TPSA) is 54.0 Å². The zero-order valence-corrected chi connectivity index (χ0v) is 9.07. The number of hydrogen-bond acceptors (Lipinski definition) is 3. The van der Waals surface area contributed by atoms with Gasteiger partial charge in [-0.05, 0) is 37.8 Å². The summed E-state index contributed by atoms with van der Waals surface area (Å²) in [5.74, 6) is -0.0551. The van der Waals surface area contributed by atoms with Gasteiger partial charge in [-0.1, -0.05) is 0 Å². The van der Waals surface area contributed by atoms with Crippen LogP contribution in [-0.2, 0) is 0 Å². The van der Waals surface area contributed by atoms with E-state index in [4.69, 9.17) is 0 Å². The number of hydrogen-bond donors (Lipinski definition) is 2. The van der Waals surface area contributed by atoms with Crippen molar-refractivity contribution in [2.75, 3.05) is 5.32 Å². The van der Waals surface area contributed by atoms with Crippen LogP contribution in [0.1, 0.15) is 36.2 Å². The Labute approximate surface area is 94.5 Å². The van der Waals surface area contributed by atoms with Gasteiger partial charge in [0.15, 0.2) is 0 Å². The molecule has 16 heavy (non-hydrogen) atoms. The summed E-state index contributed by atoms with van der Waals surface area (Å²) in [5, 5.41) is 6.26. The highest BCUT2D eigenvalue weighted by atomic mass is 16.2. The molecule has 4 nitrogen and oxygen atoms in total. The molecule has 3 rings (SSSR count). The smallest absolute Gasteiger partial charge is 0.270 e. The molecule has 0 unspecified atom stereocenters. The molecule has 2 aliphatic rings. The summed E-state index contributed by atoms with van der Waals surface area (Å²) in [7, 11) is 0. The van der Waals surface area contributed by atoms with Gasteiger partial charge in [-0.3, -0.25) is 4.79 Å². The molecule has 0 aliphatic heterocycles. The van der Waals surface area contributed by atoms with E-state index in [0.717, 1.165) is 18.5 Å². The minimum absolute atomic E-state index is 0.0551. The van der Waals surface area contributed by atoms with Crippen LogP contribution in [0.2, 0.25) is 0 Å². The Hall–Kier alpha value is -1.58. The van der Waals surface area contributed by atoms with E-state index in [1.165, 1.54) is 12.8 Å². The Morgan fingerprint density at radius 1 is 1.19 bits per heavy atom. The van der Waals surface area contributed by atoms with Crippen LogP contribution in [0.4, 0.5) is 5.69 Å².